The Balaban J connectivity index is 1.95. The molecule has 1 heterocycles. The lowest BCUT2D eigenvalue weighted by Gasteiger charge is -2.13. The van der Waals surface area contributed by atoms with E-state index >= 15 is 0 Å². The van der Waals surface area contributed by atoms with Crippen LogP contribution in [-0.4, -0.2) is 17.6 Å². The first-order valence-electron chi connectivity index (χ1n) is 6.80. The van der Waals surface area contributed by atoms with Gasteiger partial charge >= 0.3 is 6.03 Å². The van der Waals surface area contributed by atoms with Crippen molar-refractivity contribution in [1.29, 1.82) is 0 Å². The molecule has 0 bridgehead atoms. The maximum Gasteiger partial charge on any atom is 0.319 e. The number of urea groups is 1. The molecule has 0 spiro atoms. The molecule has 2 amide bonds. The second kappa shape index (κ2) is 7.08. The van der Waals surface area contributed by atoms with E-state index in [1.54, 1.807) is 6.20 Å². The Kier molecular flexibility index (Phi) is 5.16. The van der Waals surface area contributed by atoms with Gasteiger partial charge in [-0.05, 0) is 44.5 Å². The molecule has 1 atom stereocenters. The second-order valence-corrected chi connectivity index (χ2v) is 5.53. The molecule has 6 heteroatoms. The molecule has 0 saturated carbocycles. The van der Waals surface area contributed by atoms with Gasteiger partial charge in [-0.25, -0.2) is 9.78 Å². The molecule has 2 rings (SSSR count). The highest BCUT2D eigenvalue weighted by Gasteiger charge is 2.12. The maximum absolute atomic E-state index is 12.0. The molecule has 0 radical (unpaired) electrons. The van der Waals surface area contributed by atoms with Crippen molar-refractivity contribution in [2.24, 2.45) is 0 Å². The van der Waals surface area contributed by atoms with Gasteiger partial charge in [-0.1, -0.05) is 0 Å². The van der Waals surface area contributed by atoms with Crippen LogP contribution in [0.3, 0.4) is 0 Å². The number of nitrogens with one attached hydrogen (secondary N) is 2. The lowest BCUT2D eigenvalue weighted by molar-refractivity contribution is 0.249. The van der Waals surface area contributed by atoms with Crippen molar-refractivity contribution in [3.05, 3.63) is 40.3 Å². The first-order valence-corrected chi connectivity index (χ1v) is 7.68. The zero-order chi connectivity index (χ0) is 15.2. The van der Waals surface area contributed by atoms with Crippen molar-refractivity contribution in [2.45, 2.75) is 26.8 Å². The predicted octanol–water partition coefficient (Wildman–Crippen LogP) is 3.73. The fourth-order valence-electron chi connectivity index (χ4n) is 1.92. The number of thiazole rings is 1. The van der Waals surface area contributed by atoms with E-state index in [2.05, 4.69) is 15.6 Å². The Bertz CT molecular complexity index is 599. The summed E-state index contributed by atoms with van der Waals surface area (Å²) in [4.78, 5) is 16.1. The average molecular weight is 305 g/mol. The van der Waals surface area contributed by atoms with E-state index < -0.39 is 0 Å². The highest BCUT2D eigenvalue weighted by atomic mass is 32.1. The van der Waals surface area contributed by atoms with Crippen molar-refractivity contribution >= 4 is 23.1 Å². The molecule has 0 unspecified atom stereocenters. The molecule has 0 aliphatic rings. The Morgan fingerprint density at radius 1 is 1.48 bits per heavy atom. The molecule has 112 valence electrons. The molecule has 1 aromatic carbocycles. The summed E-state index contributed by atoms with van der Waals surface area (Å²) in [5.74, 6) is 0.833. The third kappa shape index (κ3) is 4.19. The molecule has 5 nitrogen and oxygen atoms in total. The Morgan fingerprint density at radius 3 is 2.90 bits per heavy atom. The number of benzene rings is 1. The van der Waals surface area contributed by atoms with Crippen LogP contribution in [0.25, 0.3) is 0 Å². The van der Waals surface area contributed by atoms with Crippen LogP contribution < -0.4 is 15.4 Å². The number of carbonyl (C=O) groups is 1. The number of hydrogen-bond donors (Lipinski definition) is 2. The molecule has 2 N–H and O–H groups in total. The van der Waals surface area contributed by atoms with E-state index in [-0.39, 0.29) is 12.1 Å². The van der Waals surface area contributed by atoms with E-state index in [9.17, 15) is 4.79 Å². The van der Waals surface area contributed by atoms with Gasteiger partial charge in [0.05, 0.1) is 12.6 Å². The summed E-state index contributed by atoms with van der Waals surface area (Å²) in [5.41, 5.74) is 1.72. The summed E-state index contributed by atoms with van der Waals surface area (Å²) < 4.78 is 5.47. The van der Waals surface area contributed by atoms with Crippen LogP contribution in [0.1, 0.15) is 30.5 Å². The number of carbonyl (C=O) groups excluding carboxylic acids is 1. The van der Waals surface area contributed by atoms with Gasteiger partial charge in [-0.2, -0.15) is 0 Å². The van der Waals surface area contributed by atoms with Gasteiger partial charge < -0.3 is 15.4 Å². The zero-order valence-electron chi connectivity index (χ0n) is 12.3. The monoisotopic (exact) mass is 305 g/mol. The van der Waals surface area contributed by atoms with Crippen molar-refractivity contribution in [3.63, 3.8) is 0 Å². The van der Waals surface area contributed by atoms with Crippen LogP contribution in [0.15, 0.2) is 29.8 Å². The van der Waals surface area contributed by atoms with Gasteiger partial charge in [0.1, 0.15) is 10.8 Å². The molecule has 0 saturated heterocycles. The summed E-state index contributed by atoms with van der Waals surface area (Å²) in [6, 6.07) is 5.21. The summed E-state index contributed by atoms with van der Waals surface area (Å²) in [6.07, 6.45) is 1.73. The Morgan fingerprint density at radius 2 is 2.29 bits per heavy atom. The number of nitrogens with zero attached hydrogens (tertiary/aromatic N) is 1. The first-order chi connectivity index (χ1) is 10.1. The fourth-order valence-corrected chi connectivity index (χ4v) is 2.56. The standard InChI is InChI=1S/C15H19N3O2S/c1-4-20-13-6-5-12(9-10(13)2)18-15(19)17-11(3)14-16-7-8-21-14/h5-9,11H,4H2,1-3H3,(H2,17,18,19)/t11-/m0/s1. The first kappa shape index (κ1) is 15.3. The highest BCUT2D eigenvalue weighted by Crippen LogP contribution is 2.22. The number of amides is 2. The minimum absolute atomic E-state index is 0.117. The lowest BCUT2D eigenvalue weighted by atomic mass is 10.2. The van der Waals surface area contributed by atoms with Crippen molar-refractivity contribution in [2.75, 3.05) is 11.9 Å². The minimum Gasteiger partial charge on any atom is -0.494 e. The summed E-state index contributed by atoms with van der Waals surface area (Å²) in [7, 11) is 0. The highest BCUT2D eigenvalue weighted by molar-refractivity contribution is 7.09. The van der Waals surface area contributed by atoms with Crippen LogP contribution in [-0.2, 0) is 0 Å². The molecule has 2 aromatic rings. The second-order valence-electron chi connectivity index (χ2n) is 4.60. The number of ether oxygens (including phenoxy) is 1. The number of anilines is 1. The zero-order valence-corrected chi connectivity index (χ0v) is 13.2. The molecular weight excluding hydrogens is 286 g/mol. The van der Waals surface area contributed by atoms with Gasteiger partial charge in [-0.15, -0.1) is 11.3 Å². The smallest absolute Gasteiger partial charge is 0.319 e. The van der Waals surface area contributed by atoms with Crippen molar-refractivity contribution < 1.29 is 9.53 Å². The van der Waals surface area contributed by atoms with E-state index in [1.807, 2.05) is 44.4 Å². The van der Waals surface area contributed by atoms with E-state index in [4.69, 9.17) is 4.74 Å². The van der Waals surface area contributed by atoms with Crippen LogP contribution in [0.4, 0.5) is 10.5 Å². The molecule has 0 aliphatic carbocycles. The quantitative estimate of drug-likeness (QED) is 0.884. The minimum atomic E-state index is -0.249. The lowest BCUT2D eigenvalue weighted by Crippen LogP contribution is -2.31. The van der Waals surface area contributed by atoms with Gasteiger partial charge in [0, 0.05) is 17.3 Å². The number of aromatic nitrogens is 1. The normalized spacial score (nSPS) is 11.8. The van der Waals surface area contributed by atoms with Crippen molar-refractivity contribution in [1.82, 2.24) is 10.3 Å². The third-order valence-corrected chi connectivity index (χ3v) is 3.86. The van der Waals surface area contributed by atoms with Gasteiger partial charge in [0.2, 0.25) is 0 Å². The van der Waals surface area contributed by atoms with Crippen LogP contribution in [0.5, 0.6) is 5.75 Å². The summed E-state index contributed by atoms with van der Waals surface area (Å²) >= 11 is 1.52. The maximum atomic E-state index is 12.0. The van der Waals surface area contributed by atoms with Crippen molar-refractivity contribution in [3.8, 4) is 5.75 Å². The topological polar surface area (TPSA) is 63.2 Å². The van der Waals surface area contributed by atoms with Crippen LogP contribution in [0, 0.1) is 6.92 Å². The van der Waals surface area contributed by atoms with Gasteiger partial charge in [0.15, 0.2) is 0 Å². The average Bonchev–Trinajstić information content (AvgIpc) is 2.96. The Hall–Kier alpha value is -2.08. The number of rotatable bonds is 5. The molecule has 0 fully saturated rings. The van der Waals surface area contributed by atoms with Gasteiger partial charge in [0.25, 0.3) is 0 Å². The molecular formula is C15H19N3O2S. The Labute approximate surface area is 128 Å². The van der Waals surface area contributed by atoms with Crippen LogP contribution in [0.2, 0.25) is 0 Å². The van der Waals surface area contributed by atoms with E-state index in [0.29, 0.717) is 6.61 Å². The van der Waals surface area contributed by atoms with E-state index in [1.165, 1.54) is 11.3 Å². The summed E-state index contributed by atoms with van der Waals surface area (Å²) in [6.45, 7) is 6.42. The largest absolute Gasteiger partial charge is 0.494 e. The van der Waals surface area contributed by atoms with E-state index in [0.717, 1.165) is 22.0 Å². The molecule has 1 aromatic heterocycles. The molecule has 0 aliphatic heterocycles. The fraction of sp³-hybridized carbons (Fsp3) is 0.333. The van der Waals surface area contributed by atoms with Gasteiger partial charge in [-0.3, -0.25) is 0 Å². The SMILES string of the molecule is CCOc1ccc(NC(=O)N[C@@H](C)c2nccs2)cc1C. The number of aryl methyl sites for hydroxylation is 1. The van der Waals surface area contributed by atoms with Crippen LogP contribution >= 0.6 is 11.3 Å². The molecule has 21 heavy (non-hydrogen) atoms. The predicted molar refractivity (Wildman–Crippen MR) is 85.0 cm³/mol. The number of hydrogen-bond acceptors (Lipinski definition) is 4. The summed E-state index contributed by atoms with van der Waals surface area (Å²) in [5, 5.41) is 8.45. The third-order valence-electron chi connectivity index (χ3n) is 2.90.